The lowest BCUT2D eigenvalue weighted by Gasteiger charge is -2.15. The molecule has 4 nitrogen and oxygen atoms in total. The van der Waals surface area contributed by atoms with E-state index in [2.05, 4.69) is 42.5 Å². The molecule has 0 aliphatic carbocycles. The Hall–Kier alpha value is -1.03. The zero-order valence-corrected chi connectivity index (χ0v) is 13.4. The molecule has 2 N–H and O–H groups in total. The van der Waals surface area contributed by atoms with Crippen LogP contribution in [0, 0.1) is 5.92 Å². The van der Waals surface area contributed by atoms with Gasteiger partial charge in [-0.15, -0.1) is 0 Å². The normalized spacial score (nSPS) is 16.2. The monoisotopic (exact) mass is 281 g/mol. The highest BCUT2D eigenvalue weighted by Gasteiger charge is 2.04. The summed E-state index contributed by atoms with van der Waals surface area (Å²) >= 11 is 0. The Bertz CT molecular complexity index is 311. The predicted molar refractivity (Wildman–Crippen MR) is 86.2 cm³/mol. The van der Waals surface area contributed by atoms with Gasteiger partial charge in [0.25, 0.3) is 0 Å². The van der Waals surface area contributed by atoms with Crippen molar-refractivity contribution in [3.8, 4) is 0 Å². The topological polar surface area (TPSA) is 45.7 Å². The first kappa shape index (κ1) is 17.0. The standard InChI is InChI=1S/C16H31N3O/c1-4-17-16(18-10-5-6-14(2)3)19-11-7-15-8-12-20-13-9-15/h8,14H,4-7,9-13H2,1-3H3,(H2,17,18,19). The molecular weight excluding hydrogens is 250 g/mol. The van der Waals surface area contributed by atoms with E-state index in [-0.39, 0.29) is 0 Å². The van der Waals surface area contributed by atoms with Crippen molar-refractivity contribution < 1.29 is 4.74 Å². The summed E-state index contributed by atoms with van der Waals surface area (Å²) in [5, 5.41) is 6.72. The second-order valence-electron chi connectivity index (χ2n) is 5.66. The van der Waals surface area contributed by atoms with Gasteiger partial charge in [0.2, 0.25) is 0 Å². The molecule has 1 aliphatic heterocycles. The number of rotatable bonds is 8. The highest BCUT2D eigenvalue weighted by Crippen LogP contribution is 2.10. The predicted octanol–water partition coefficient (Wildman–Crippen LogP) is 2.71. The summed E-state index contributed by atoms with van der Waals surface area (Å²) in [6.07, 6.45) is 6.77. The van der Waals surface area contributed by atoms with Crippen LogP contribution in [0.25, 0.3) is 0 Å². The van der Waals surface area contributed by atoms with Crippen LogP contribution in [-0.2, 0) is 4.74 Å². The van der Waals surface area contributed by atoms with Crippen LogP contribution in [0.4, 0.5) is 0 Å². The average Bonchev–Trinajstić information content (AvgIpc) is 2.44. The molecule has 0 saturated heterocycles. The Balaban J connectivity index is 2.23. The van der Waals surface area contributed by atoms with Crippen molar-refractivity contribution in [1.29, 1.82) is 0 Å². The minimum atomic E-state index is 0.765. The van der Waals surface area contributed by atoms with Gasteiger partial charge in [-0.3, -0.25) is 4.99 Å². The van der Waals surface area contributed by atoms with Gasteiger partial charge in [0.1, 0.15) is 0 Å². The van der Waals surface area contributed by atoms with Gasteiger partial charge >= 0.3 is 0 Å². The second kappa shape index (κ2) is 10.7. The summed E-state index contributed by atoms with van der Waals surface area (Å²) in [6.45, 7) is 11.0. The first-order valence-electron chi connectivity index (χ1n) is 8.00. The highest BCUT2D eigenvalue weighted by molar-refractivity contribution is 5.79. The van der Waals surface area contributed by atoms with Crippen LogP contribution < -0.4 is 10.6 Å². The van der Waals surface area contributed by atoms with Crippen molar-refractivity contribution in [3.05, 3.63) is 11.6 Å². The molecule has 0 radical (unpaired) electrons. The van der Waals surface area contributed by atoms with Crippen LogP contribution in [0.3, 0.4) is 0 Å². The Labute approximate surface area is 124 Å². The van der Waals surface area contributed by atoms with E-state index in [1.807, 2.05) is 0 Å². The molecule has 1 aliphatic rings. The van der Waals surface area contributed by atoms with Gasteiger partial charge in [-0.1, -0.05) is 25.5 Å². The number of nitrogens with one attached hydrogen (secondary N) is 2. The smallest absolute Gasteiger partial charge is 0.191 e. The molecule has 0 amide bonds. The fourth-order valence-corrected chi connectivity index (χ4v) is 2.17. The number of nitrogens with zero attached hydrogens (tertiary/aromatic N) is 1. The van der Waals surface area contributed by atoms with Gasteiger partial charge in [0.05, 0.1) is 13.2 Å². The van der Waals surface area contributed by atoms with E-state index < -0.39 is 0 Å². The fraction of sp³-hybridized carbons (Fsp3) is 0.812. The number of hydrogen-bond donors (Lipinski definition) is 2. The molecule has 20 heavy (non-hydrogen) atoms. The van der Waals surface area contributed by atoms with Crippen molar-refractivity contribution in [3.63, 3.8) is 0 Å². The molecule has 0 atom stereocenters. The van der Waals surface area contributed by atoms with Crippen molar-refractivity contribution in [2.75, 3.05) is 32.8 Å². The van der Waals surface area contributed by atoms with Crippen molar-refractivity contribution in [2.45, 2.75) is 46.5 Å². The Morgan fingerprint density at radius 2 is 2.25 bits per heavy atom. The maximum atomic E-state index is 5.32. The van der Waals surface area contributed by atoms with Gasteiger partial charge in [-0.05, 0) is 38.5 Å². The number of hydrogen-bond acceptors (Lipinski definition) is 2. The lowest BCUT2D eigenvalue weighted by atomic mass is 10.1. The average molecular weight is 281 g/mol. The maximum absolute atomic E-state index is 5.32. The zero-order valence-electron chi connectivity index (χ0n) is 13.4. The molecule has 0 unspecified atom stereocenters. The van der Waals surface area contributed by atoms with Gasteiger partial charge < -0.3 is 15.4 Å². The van der Waals surface area contributed by atoms with E-state index in [9.17, 15) is 0 Å². The van der Waals surface area contributed by atoms with E-state index in [1.165, 1.54) is 12.0 Å². The van der Waals surface area contributed by atoms with Gasteiger partial charge in [0.15, 0.2) is 5.96 Å². The van der Waals surface area contributed by atoms with E-state index in [0.29, 0.717) is 0 Å². The second-order valence-corrected chi connectivity index (χ2v) is 5.66. The lowest BCUT2D eigenvalue weighted by molar-refractivity contribution is 0.153. The van der Waals surface area contributed by atoms with Crippen LogP contribution in [0.1, 0.15) is 46.5 Å². The molecule has 0 aromatic rings. The molecule has 1 rings (SSSR count). The van der Waals surface area contributed by atoms with Gasteiger partial charge in [-0.25, -0.2) is 0 Å². The van der Waals surface area contributed by atoms with Gasteiger partial charge in [-0.2, -0.15) is 0 Å². The summed E-state index contributed by atoms with van der Waals surface area (Å²) in [7, 11) is 0. The van der Waals surface area contributed by atoms with E-state index in [1.54, 1.807) is 0 Å². The molecule has 0 aromatic heterocycles. The molecule has 0 bridgehead atoms. The molecule has 116 valence electrons. The summed E-state index contributed by atoms with van der Waals surface area (Å²) in [4.78, 5) is 4.62. The lowest BCUT2D eigenvalue weighted by Crippen LogP contribution is -2.38. The van der Waals surface area contributed by atoms with E-state index >= 15 is 0 Å². The fourth-order valence-electron chi connectivity index (χ4n) is 2.17. The molecule has 0 aromatic carbocycles. The molecule has 0 spiro atoms. The SMILES string of the molecule is CCNC(=NCCCC(C)C)NCCC1=CCOCC1. The largest absolute Gasteiger partial charge is 0.377 e. The molecular formula is C16H31N3O. The number of guanidine groups is 1. The van der Waals surface area contributed by atoms with Crippen LogP contribution in [0.2, 0.25) is 0 Å². The van der Waals surface area contributed by atoms with Gasteiger partial charge in [0, 0.05) is 19.6 Å². The third-order valence-electron chi connectivity index (χ3n) is 3.35. The summed E-state index contributed by atoms with van der Waals surface area (Å²) in [5.41, 5.74) is 1.50. The number of aliphatic imine (C=N–C) groups is 1. The summed E-state index contributed by atoms with van der Waals surface area (Å²) < 4.78 is 5.32. The Morgan fingerprint density at radius 1 is 1.40 bits per heavy atom. The minimum absolute atomic E-state index is 0.765. The summed E-state index contributed by atoms with van der Waals surface area (Å²) in [6, 6.07) is 0. The van der Waals surface area contributed by atoms with Crippen molar-refractivity contribution in [2.24, 2.45) is 10.9 Å². The third kappa shape index (κ3) is 8.20. The Morgan fingerprint density at radius 3 is 2.90 bits per heavy atom. The Kier molecular flexibility index (Phi) is 9.13. The molecule has 0 saturated carbocycles. The maximum Gasteiger partial charge on any atom is 0.191 e. The van der Waals surface area contributed by atoms with Crippen LogP contribution in [-0.4, -0.2) is 38.8 Å². The first-order valence-corrected chi connectivity index (χ1v) is 8.00. The summed E-state index contributed by atoms with van der Waals surface area (Å²) in [5.74, 6) is 1.71. The van der Waals surface area contributed by atoms with Crippen molar-refractivity contribution in [1.82, 2.24) is 10.6 Å². The van der Waals surface area contributed by atoms with Crippen molar-refractivity contribution >= 4 is 5.96 Å². The highest BCUT2D eigenvalue weighted by atomic mass is 16.5. The number of ether oxygens (including phenoxy) is 1. The molecule has 0 fully saturated rings. The van der Waals surface area contributed by atoms with Crippen LogP contribution in [0.15, 0.2) is 16.6 Å². The zero-order chi connectivity index (χ0) is 14.6. The molecule has 1 heterocycles. The van der Waals surface area contributed by atoms with E-state index in [4.69, 9.17) is 4.74 Å². The van der Waals surface area contributed by atoms with Crippen LogP contribution in [0.5, 0.6) is 0 Å². The first-order chi connectivity index (χ1) is 9.72. The quantitative estimate of drug-likeness (QED) is 0.311. The third-order valence-corrected chi connectivity index (χ3v) is 3.35. The van der Waals surface area contributed by atoms with E-state index in [0.717, 1.165) is 64.0 Å². The molecule has 4 heteroatoms. The van der Waals surface area contributed by atoms with Crippen LogP contribution >= 0.6 is 0 Å². The minimum Gasteiger partial charge on any atom is -0.377 e.